The van der Waals surface area contributed by atoms with Crippen LogP contribution < -0.4 is 5.32 Å². The highest BCUT2D eigenvalue weighted by Crippen LogP contribution is 2.37. The minimum atomic E-state index is 0.623. The van der Waals surface area contributed by atoms with Crippen molar-refractivity contribution in [2.75, 3.05) is 6.54 Å². The van der Waals surface area contributed by atoms with Crippen molar-refractivity contribution in [1.29, 1.82) is 0 Å². The predicted octanol–water partition coefficient (Wildman–Crippen LogP) is 3.31. The Hall–Kier alpha value is -0.820. The summed E-state index contributed by atoms with van der Waals surface area (Å²) in [5.41, 5.74) is 3.10. The van der Waals surface area contributed by atoms with Crippen LogP contribution in [-0.2, 0) is 6.42 Å². The zero-order valence-corrected chi connectivity index (χ0v) is 10.1. The van der Waals surface area contributed by atoms with E-state index in [1.165, 1.54) is 32.2 Å². The highest BCUT2D eigenvalue weighted by molar-refractivity contribution is 5.34. The molecule has 3 rings (SSSR count). The van der Waals surface area contributed by atoms with Gasteiger partial charge in [-0.15, -0.1) is 0 Å². The molecule has 0 aliphatic heterocycles. The molecular formula is C15H21N. The third kappa shape index (κ3) is 2.01. The van der Waals surface area contributed by atoms with Crippen LogP contribution in [0, 0.1) is 11.8 Å². The maximum absolute atomic E-state index is 3.76. The van der Waals surface area contributed by atoms with Gasteiger partial charge >= 0.3 is 0 Å². The molecule has 1 N–H and O–H groups in total. The number of aryl methyl sites for hydroxylation is 1. The molecule has 2 aliphatic rings. The molecule has 0 saturated heterocycles. The maximum Gasteiger partial charge on any atom is 0.0326 e. The molecule has 2 aliphatic carbocycles. The first-order valence-corrected chi connectivity index (χ1v) is 6.66. The van der Waals surface area contributed by atoms with Crippen LogP contribution in [-0.4, -0.2) is 6.54 Å². The molecule has 0 heterocycles. The van der Waals surface area contributed by atoms with Crippen molar-refractivity contribution in [1.82, 2.24) is 5.32 Å². The number of rotatable bonds is 4. The molecule has 2 atom stereocenters. The number of hydrogen-bond acceptors (Lipinski definition) is 1. The average Bonchev–Trinajstić information content (AvgIpc) is 3.08. The van der Waals surface area contributed by atoms with Crippen LogP contribution in [0.1, 0.15) is 43.4 Å². The molecule has 2 unspecified atom stereocenters. The van der Waals surface area contributed by atoms with Crippen molar-refractivity contribution in [3.63, 3.8) is 0 Å². The van der Waals surface area contributed by atoms with E-state index in [1.807, 2.05) is 0 Å². The molecular weight excluding hydrogens is 194 g/mol. The first kappa shape index (κ1) is 10.3. The lowest BCUT2D eigenvalue weighted by molar-refractivity contribution is 0.418. The molecule has 1 aromatic rings. The van der Waals surface area contributed by atoms with E-state index in [-0.39, 0.29) is 0 Å². The average molecular weight is 215 g/mol. The number of hydrogen-bond donors (Lipinski definition) is 1. The van der Waals surface area contributed by atoms with Crippen molar-refractivity contribution in [3.05, 3.63) is 35.4 Å². The Kier molecular flexibility index (Phi) is 2.72. The molecule has 16 heavy (non-hydrogen) atoms. The molecule has 0 spiro atoms. The van der Waals surface area contributed by atoms with E-state index in [2.05, 4.69) is 36.5 Å². The molecule has 86 valence electrons. The fourth-order valence-corrected chi connectivity index (χ4v) is 2.93. The van der Waals surface area contributed by atoms with E-state index in [1.54, 1.807) is 11.1 Å². The second kappa shape index (κ2) is 4.21. The fourth-order valence-electron chi connectivity index (χ4n) is 2.93. The van der Waals surface area contributed by atoms with Gasteiger partial charge in [0.2, 0.25) is 0 Å². The molecule has 0 bridgehead atoms. The lowest BCUT2D eigenvalue weighted by Crippen LogP contribution is -2.25. The topological polar surface area (TPSA) is 12.0 Å². The first-order chi connectivity index (χ1) is 7.84. The molecule has 0 amide bonds. The van der Waals surface area contributed by atoms with Crippen molar-refractivity contribution in [3.8, 4) is 0 Å². The Balaban J connectivity index is 1.60. The summed E-state index contributed by atoms with van der Waals surface area (Å²) >= 11 is 0. The van der Waals surface area contributed by atoms with Crippen molar-refractivity contribution >= 4 is 0 Å². The van der Waals surface area contributed by atoms with Crippen molar-refractivity contribution < 1.29 is 0 Å². The number of nitrogens with one attached hydrogen (secondary N) is 1. The van der Waals surface area contributed by atoms with Crippen molar-refractivity contribution in [2.24, 2.45) is 11.8 Å². The number of benzene rings is 1. The van der Waals surface area contributed by atoms with Crippen LogP contribution in [0.3, 0.4) is 0 Å². The van der Waals surface area contributed by atoms with Gasteiger partial charge in [-0.05, 0) is 55.2 Å². The van der Waals surface area contributed by atoms with E-state index in [4.69, 9.17) is 0 Å². The highest BCUT2D eigenvalue weighted by atomic mass is 14.9. The van der Waals surface area contributed by atoms with Gasteiger partial charge in [-0.3, -0.25) is 0 Å². The van der Waals surface area contributed by atoms with Gasteiger partial charge in [0.15, 0.2) is 0 Å². The molecule has 1 aromatic carbocycles. The van der Waals surface area contributed by atoms with E-state index >= 15 is 0 Å². The van der Waals surface area contributed by atoms with Gasteiger partial charge in [-0.1, -0.05) is 31.2 Å². The van der Waals surface area contributed by atoms with Crippen LogP contribution in [0.2, 0.25) is 0 Å². The second-order valence-electron chi connectivity index (χ2n) is 5.51. The molecule has 1 nitrogen and oxygen atoms in total. The van der Waals surface area contributed by atoms with Gasteiger partial charge < -0.3 is 5.32 Å². The van der Waals surface area contributed by atoms with E-state index in [0.717, 1.165) is 11.8 Å². The Morgan fingerprint density at radius 1 is 1.25 bits per heavy atom. The summed E-state index contributed by atoms with van der Waals surface area (Å²) in [7, 11) is 0. The van der Waals surface area contributed by atoms with Crippen LogP contribution in [0.5, 0.6) is 0 Å². The lowest BCUT2D eigenvalue weighted by Gasteiger charge is -2.17. The molecule has 1 saturated carbocycles. The SMILES string of the molecule is CC(CNC1CCc2ccccc21)C1CC1. The van der Waals surface area contributed by atoms with Gasteiger partial charge in [-0.25, -0.2) is 0 Å². The second-order valence-corrected chi connectivity index (χ2v) is 5.51. The normalized spacial score (nSPS) is 25.4. The Morgan fingerprint density at radius 2 is 2.06 bits per heavy atom. The monoisotopic (exact) mass is 215 g/mol. The van der Waals surface area contributed by atoms with Gasteiger partial charge in [0.1, 0.15) is 0 Å². The molecule has 0 radical (unpaired) electrons. The summed E-state index contributed by atoms with van der Waals surface area (Å²) in [6, 6.07) is 9.53. The maximum atomic E-state index is 3.76. The lowest BCUT2D eigenvalue weighted by atomic mass is 10.0. The first-order valence-electron chi connectivity index (χ1n) is 6.66. The Bertz CT molecular complexity index is 367. The van der Waals surface area contributed by atoms with Gasteiger partial charge in [0, 0.05) is 6.04 Å². The quantitative estimate of drug-likeness (QED) is 0.812. The highest BCUT2D eigenvalue weighted by Gasteiger charge is 2.29. The summed E-state index contributed by atoms with van der Waals surface area (Å²) in [4.78, 5) is 0. The van der Waals surface area contributed by atoms with Gasteiger partial charge in [0.05, 0.1) is 0 Å². The summed E-state index contributed by atoms with van der Waals surface area (Å²) in [6.07, 6.45) is 5.47. The third-order valence-electron chi connectivity index (χ3n) is 4.25. The Morgan fingerprint density at radius 3 is 2.88 bits per heavy atom. The smallest absolute Gasteiger partial charge is 0.0326 e. The van der Waals surface area contributed by atoms with E-state index < -0.39 is 0 Å². The zero-order valence-electron chi connectivity index (χ0n) is 10.1. The summed E-state index contributed by atoms with van der Waals surface area (Å²) in [6.45, 7) is 3.59. The van der Waals surface area contributed by atoms with E-state index in [9.17, 15) is 0 Å². The van der Waals surface area contributed by atoms with Crippen molar-refractivity contribution in [2.45, 2.75) is 38.6 Å². The zero-order chi connectivity index (χ0) is 11.0. The molecule has 1 heteroatoms. The number of fused-ring (bicyclic) bond motifs is 1. The van der Waals surface area contributed by atoms with Crippen LogP contribution in [0.4, 0.5) is 0 Å². The van der Waals surface area contributed by atoms with Crippen LogP contribution in [0.25, 0.3) is 0 Å². The standard InChI is InChI=1S/C15H21N/c1-11(12-6-7-12)10-16-15-9-8-13-4-2-3-5-14(13)15/h2-5,11-12,15-16H,6-10H2,1H3. The summed E-state index contributed by atoms with van der Waals surface area (Å²) in [5, 5.41) is 3.76. The molecule has 1 fully saturated rings. The minimum absolute atomic E-state index is 0.623. The molecule has 0 aromatic heterocycles. The van der Waals surface area contributed by atoms with Crippen LogP contribution >= 0.6 is 0 Å². The summed E-state index contributed by atoms with van der Waals surface area (Å²) in [5.74, 6) is 1.89. The Labute approximate surface area is 98.3 Å². The van der Waals surface area contributed by atoms with Gasteiger partial charge in [-0.2, -0.15) is 0 Å². The predicted molar refractivity (Wildman–Crippen MR) is 67.4 cm³/mol. The fraction of sp³-hybridized carbons (Fsp3) is 0.600. The van der Waals surface area contributed by atoms with Crippen LogP contribution in [0.15, 0.2) is 24.3 Å². The minimum Gasteiger partial charge on any atom is -0.310 e. The third-order valence-corrected chi connectivity index (χ3v) is 4.25. The largest absolute Gasteiger partial charge is 0.310 e. The summed E-state index contributed by atoms with van der Waals surface area (Å²) < 4.78 is 0. The van der Waals surface area contributed by atoms with Gasteiger partial charge in [0.25, 0.3) is 0 Å². The van der Waals surface area contributed by atoms with E-state index in [0.29, 0.717) is 6.04 Å².